The summed E-state index contributed by atoms with van der Waals surface area (Å²) in [5.41, 5.74) is 7.55. The molecule has 0 saturated carbocycles. The van der Waals surface area contributed by atoms with Crippen LogP contribution < -0.4 is 0 Å². The van der Waals surface area contributed by atoms with Gasteiger partial charge in [-0.2, -0.15) is 0 Å². The number of benzene rings is 2. The molecule has 2 rings (SSSR count). The first kappa shape index (κ1) is 21.7. The van der Waals surface area contributed by atoms with Gasteiger partial charge < -0.3 is 0 Å². The van der Waals surface area contributed by atoms with E-state index in [0.717, 1.165) is 0 Å². The molecule has 0 heterocycles. The van der Waals surface area contributed by atoms with Crippen LogP contribution in [0.5, 0.6) is 0 Å². The lowest BCUT2D eigenvalue weighted by Crippen LogP contribution is -2.27. The fourth-order valence-corrected chi connectivity index (χ4v) is 4.05. The van der Waals surface area contributed by atoms with Crippen molar-refractivity contribution in [2.24, 2.45) is 0 Å². The van der Waals surface area contributed by atoms with E-state index in [9.17, 15) is 0 Å². The molecule has 0 N–H and O–H groups in total. The summed E-state index contributed by atoms with van der Waals surface area (Å²) in [6, 6.07) is 16.2. The highest BCUT2D eigenvalue weighted by Crippen LogP contribution is 2.41. The van der Waals surface area contributed by atoms with Crippen LogP contribution in [-0.4, -0.2) is 0 Å². The molecule has 0 amide bonds. The van der Waals surface area contributed by atoms with Gasteiger partial charge in [0.15, 0.2) is 0 Å². The normalized spacial score (nSPS) is 13.7. The maximum Gasteiger partial charge on any atom is 0.0149 e. The van der Waals surface area contributed by atoms with Crippen LogP contribution in [0.4, 0.5) is 0 Å². The van der Waals surface area contributed by atoms with Gasteiger partial charge in [0.05, 0.1) is 0 Å². The topological polar surface area (TPSA) is 0 Å². The first-order valence-electron chi connectivity index (χ1n) is 10.3. The van der Waals surface area contributed by atoms with E-state index in [4.69, 9.17) is 0 Å². The van der Waals surface area contributed by atoms with Crippen LogP contribution in [0.25, 0.3) is 0 Å². The van der Waals surface area contributed by atoms with E-state index in [0.29, 0.717) is 0 Å². The van der Waals surface area contributed by atoms with Gasteiger partial charge in [-0.05, 0) is 44.1 Å². The summed E-state index contributed by atoms with van der Waals surface area (Å²) in [6.45, 7) is 25.6. The Labute approximate surface area is 168 Å². The third kappa shape index (κ3) is 4.48. The van der Waals surface area contributed by atoms with Crippen LogP contribution >= 0.6 is 0 Å². The van der Waals surface area contributed by atoms with Crippen molar-refractivity contribution >= 4 is 0 Å². The summed E-state index contributed by atoms with van der Waals surface area (Å²) in [7, 11) is 0. The molecule has 0 fully saturated rings. The van der Waals surface area contributed by atoms with Crippen molar-refractivity contribution in [1.29, 1.82) is 0 Å². The quantitative estimate of drug-likeness (QED) is 0.508. The van der Waals surface area contributed by atoms with Crippen molar-refractivity contribution in [2.45, 2.75) is 97.8 Å². The van der Waals surface area contributed by atoms with E-state index in [1.54, 1.807) is 0 Å². The number of rotatable bonds is 2. The SMILES string of the molecule is CC(C)(C)c1ccc(C(C)(C)c2ccccc2C(C)(C)C)cc1C(C)(C)C. The molecule has 0 saturated heterocycles. The Morgan fingerprint density at radius 1 is 0.444 bits per heavy atom. The summed E-state index contributed by atoms with van der Waals surface area (Å²) in [5.74, 6) is 0. The molecule has 0 heteroatoms. The van der Waals surface area contributed by atoms with Crippen LogP contribution in [0.1, 0.15) is 104 Å². The zero-order chi connectivity index (χ0) is 20.8. The maximum atomic E-state index is 2.47. The molecule has 0 unspecified atom stereocenters. The van der Waals surface area contributed by atoms with Crippen molar-refractivity contribution in [1.82, 2.24) is 0 Å². The number of hydrogen-bond donors (Lipinski definition) is 0. The van der Waals surface area contributed by atoms with Crippen molar-refractivity contribution in [3.8, 4) is 0 Å². The van der Waals surface area contributed by atoms with Crippen LogP contribution in [-0.2, 0) is 21.7 Å². The minimum atomic E-state index is -0.0414. The van der Waals surface area contributed by atoms with E-state index in [1.807, 2.05) is 0 Å². The van der Waals surface area contributed by atoms with E-state index in [1.165, 1.54) is 27.8 Å². The Morgan fingerprint density at radius 3 is 1.30 bits per heavy atom. The molecule has 0 spiro atoms. The molecule has 27 heavy (non-hydrogen) atoms. The molecule has 0 nitrogen and oxygen atoms in total. The third-order valence-electron chi connectivity index (χ3n) is 5.77. The van der Waals surface area contributed by atoms with E-state index in [-0.39, 0.29) is 21.7 Å². The third-order valence-corrected chi connectivity index (χ3v) is 5.77. The van der Waals surface area contributed by atoms with Crippen LogP contribution in [0.2, 0.25) is 0 Å². The Bertz CT molecular complexity index is 799. The molecule has 0 aliphatic rings. The molecular weight excluding hydrogens is 324 g/mol. The molecule has 0 aromatic heterocycles. The minimum absolute atomic E-state index is 0.0414. The fourth-order valence-electron chi connectivity index (χ4n) is 4.05. The van der Waals surface area contributed by atoms with Crippen LogP contribution in [0.15, 0.2) is 42.5 Å². The van der Waals surface area contributed by atoms with Gasteiger partial charge in [0.2, 0.25) is 0 Å². The molecular formula is C27H40. The van der Waals surface area contributed by atoms with Gasteiger partial charge in [-0.15, -0.1) is 0 Å². The van der Waals surface area contributed by atoms with E-state index in [2.05, 4.69) is 119 Å². The zero-order valence-electron chi connectivity index (χ0n) is 19.5. The van der Waals surface area contributed by atoms with Gasteiger partial charge in [-0.1, -0.05) is 119 Å². The van der Waals surface area contributed by atoms with Gasteiger partial charge in [-0.3, -0.25) is 0 Å². The van der Waals surface area contributed by atoms with Gasteiger partial charge >= 0.3 is 0 Å². The maximum absolute atomic E-state index is 2.47. The smallest absolute Gasteiger partial charge is 0.0149 e. The van der Waals surface area contributed by atoms with Gasteiger partial charge in [0.25, 0.3) is 0 Å². The van der Waals surface area contributed by atoms with Crippen molar-refractivity contribution in [2.75, 3.05) is 0 Å². The summed E-state index contributed by atoms with van der Waals surface area (Å²) < 4.78 is 0. The summed E-state index contributed by atoms with van der Waals surface area (Å²) in [4.78, 5) is 0. The monoisotopic (exact) mass is 364 g/mol. The van der Waals surface area contributed by atoms with Crippen LogP contribution in [0, 0.1) is 0 Å². The summed E-state index contributed by atoms with van der Waals surface area (Å²) in [5, 5.41) is 0. The average molecular weight is 365 g/mol. The summed E-state index contributed by atoms with van der Waals surface area (Å²) >= 11 is 0. The fraction of sp³-hybridized carbons (Fsp3) is 0.556. The predicted molar refractivity (Wildman–Crippen MR) is 121 cm³/mol. The Balaban J connectivity index is 2.72. The molecule has 148 valence electrons. The Kier molecular flexibility index (Phi) is 5.47. The lowest BCUT2D eigenvalue weighted by atomic mass is 9.68. The van der Waals surface area contributed by atoms with Crippen molar-refractivity contribution < 1.29 is 0 Å². The largest absolute Gasteiger partial charge is 0.0620 e. The molecule has 2 aromatic carbocycles. The van der Waals surface area contributed by atoms with Gasteiger partial charge in [0.1, 0.15) is 0 Å². The number of hydrogen-bond acceptors (Lipinski definition) is 0. The zero-order valence-corrected chi connectivity index (χ0v) is 19.5. The van der Waals surface area contributed by atoms with Gasteiger partial charge in [-0.25, -0.2) is 0 Å². The van der Waals surface area contributed by atoms with Crippen molar-refractivity contribution in [3.05, 3.63) is 70.3 Å². The standard InChI is InChI=1S/C27H40/c1-24(2,3)20-14-12-13-15-22(20)27(10,11)19-16-17-21(25(4,5)6)23(18-19)26(7,8)9/h12-18H,1-11H3. The van der Waals surface area contributed by atoms with E-state index < -0.39 is 0 Å². The highest BCUT2D eigenvalue weighted by Gasteiger charge is 2.32. The Hall–Kier alpha value is -1.56. The second-order valence-corrected chi connectivity index (χ2v) is 11.7. The molecule has 0 aliphatic carbocycles. The highest BCUT2D eigenvalue weighted by molar-refractivity contribution is 5.49. The van der Waals surface area contributed by atoms with Crippen LogP contribution in [0.3, 0.4) is 0 Å². The summed E-state index contributed by atoms with van der Waals surface area (Å²) in [6.07, 6.45) is 0. The molecule has 0 aliphatic heterocycles. The average Bonchev–Trinajstić information content (AvgIpc) is 2.52. The second-order valence-electron chi connectivity index (χ2n) is 11.7. The minimum Gasteiger partial charge on any atom is -0.0620 e. The molecule has 0 bridgehead atoms. The lowest BCUT2D eigenvalue weighted by Gasteiger charge is -2.36. The highest BCUT2D eigenvalue weighted by atomic mass is 14.4. The lowest BCUT2D eigenvalue weighted by molar-refractivity contribution is 0.522. The second kappa shape index (κ2) is 6.80. The van der Waals surface area contributed by atoms with E-state index >= 15 is 0 Å². The van der Waals surface area contributed by atoms with Crippen molar-refractivity contribution in [3.63, 3.8) is 0 Å². The molecule has 0 atom stereocenters. The molecule has 0 radical (unpaired) electrons. The first-order chi connectivity index (χ1) is 12.1. The van der Waals surface area contributed by atoms with Gasteiger partial charge in [0, 0.05) is 5.41 Å². The molecule has 2 aromatic rings. The first-order valence-corrected chi connectivity index (χ1v) is 10.3. The predicted octanol–water partition coefficient (Wildman–Crippen LogP) is 7.91. The Morgan fingerprint density at radius 2 is 0.852 bits per heavy atom.